The third kappa shape index (κ3) is 2.48. The zero-order valence-corrected chi connectivity index (χ0v) is 10.6. The van der Waals surface area contributed by atoms with Crippen LogP contribution in [0.25, 0.3) is 0 Å². The van der Waals surface area contributed by atoms with E-state index in [0.29, 0.717) is 27.8 Å². The number of anilines is 2. The summed E-state index contributed by atoms with van der Waals surface area (Å²) in [6, 6.07) is 11.1. The predicted molar refractivity (Wildman–Crippen MR) is 74.5 cm³/mol. The third-order valence-electron chi connectivity index (χ3n) is 2.67. The summed E-state index contributed by atoms with van der Waals surface area (Å²) in [5.74, 6) is 0. The summed E-state index contributed by atoms with van der Waals surface area (Å²) in [5.41, 5.74) is 14.9. The van der Waals surface area contributed by atoms with Gasteiger partial charge in [-0.1, -0.05) is 47.5 Å². The fourth-order valence-electron chi connectivity index (χ4n) is 1.68. The van der Waals surface area contributed by atoms with E-state index in [4.69, 9.17) is 34.7 Å². The van der Waals surface area contributed by atoms with Crippen LogP contribution in [0.2, 0.25) is 10.0 Å². The molecule has 0 amide bonds. The molecule has 0 saturated carbocycles. The van der Waals surface area contributed by atoms with Crippen molar-refractivity contribution in [3.8, 4) is 0 Å². The predicted octanol–water partition coefficient (Wildman–Crippen LogP) is 3.75. The van der Waals surface area contributed by atoms with Crippen molar-refractivity contribution in [2.24, 2.45) is 0 Å². The van der Waals surface area contributed by atoms with E-state index < -0.39 is 0 Å². The number of para-hydroxylation sites is 2. The van der Waals surface area contributed by atoms with Gasteiger partial charge in [0.05, 0.1) is 21.4 Å². The second kappa shape index (κ2) is 4.86. The third-order valence-corrected chi connectivity index (χ3v) is 3.33. The fraction of sp³-hybridized carbons (Fsp3) is 0.0769. The topological polar surface area (TPSA) is 52.0 Å². The van der Waals surface area contributed by atoms with Crippen molar-refractivity contribution in [1.29, 1.82) is 0 Å². The molecular weight excluding hydrogens is 255 g/mol. The minimum atomic E-state index is 0.558. The molecule has 4 heteroatoms. The van der Waals surface area contributed by atoms with Crippen LogP contribution in [0.15, 0.2) is 36.4 Å². The Hall–Kier alpha value is -1.38. The van der Waals surface area contributed by atoms with Gasteiger partial charge in [0.15, 0.2) is 0 Å². The zero-order chi connectivity index (χ0) is 12.4. The lowest BCUT2D eigenvalue weighted by molar-refractivity contribution is 1.20. The lowest BCUT2D eigenvalue weighted by Gasteiger charge is -2.10. The number of halogens is 2. The second-order valence-electron chi connectivity index (χ2n) is 3.80. The average molecular weight is 267 g/mol. The highest BCUT2D eigenvalue weighted by atomic mass is 35.5. The van der Waals surface area contributed by atoms with Crippen LogP contribution in [-0.4, -0.2) is 0 Å². The number of nitrogen functional groups attached to an aromatic ring is 2. The second-order valence-corrected chi connectivity index (χ2v) is 4.62. The quantitative estimate of drug-likeness (QED) is 0.814. The van der Waals surface area contributed by atoms with Crippen molar-refractivity contribution in [2.45, 2.75) is 6.42 Å². The van der Waals surface area contributed by atoms with E-state index in [1.807, 2.05) is 24.3 Å². The molecule has 17 heavy (non-hydrogen) atoms. The van der Waals surface area contributed by atoms with Crippen LogP contribution in [0, 0.1) is 0 Å². The van der Waals surface area contributed by atoms with Crippen LogP contribution in [-0.2, 0) is 6.42 Å². The van der Waals surface area contributed by atoms with Gasteiger partial charge < -0.3 is 11.5 Å². The van der Waals surface area contributed by atoms with Crippen molar-refractivity contribution >= 4 is 34.6 Å². The van der Waals surface area contributed by atoms with Gasteiger partial charge in [-0.15, -0.1) is 0 Å². The number of hydrogen-bond acceptors (Lipinski definition) is 2. The highest BCUT2D eigenvalue weighted by molar-refractivity contribution is 6.33. The highest BCUT2D eigenvalue weighted by Gasteiger charge is 2.07. The van der Waals surface area contributed by atoms with Crippen LogP contribution >= 0.6 is 23.2 Å². The van der Waals surface area contributed by atoms with Gasteiger partial charge in [-0.3, -0.25) is 0 Å². The molecule has 0 saturated heterocycles. The van der Waals surface area contributed by atoms with Gasteiger partial charge in [0.25, 0.3) is 0 Å². The summed E-state index contributed by atoms with van der Waals surface area (Å²) in [7, 11) is 0. The molecule has 0 aliphatic carbocycles. The molecule has 2 aromatic rings. The van der Waals surface area contributed by atoms with E-state index in [0.717, 1.165) is 11.1 Å². The van der Waals surface area contributed by atoms with Gasteiger partial charge in [0.1, 0.15) is 0 Å². The lowest BCUT2D eigenvalue weighted by atomic mass is 10.0. The maximum Gasteiger partial charge on any atom is 0.0638 e. The Balaban J connectivity index is 2.38. The average Bonchev–Trinajstić information content (AvgIpc) is 2.31. The van der Waals surface area contributed by atoms with E-state index >= 15 is 0 Å². The molecule has 0 radical (unpaired) electrons. The Morgan fingerprint density at radius 2 is 1.18 bits per heavy atom. The normalized spacial score (nSPS) is 10.5. The minimum absolute atomic E-state index is 0.558. The summed E-state index contributed by atoms with van der Waals surface area (Å²) in [4.78, 5) is 0. The lowest BCUT2D eigenvalue weighted by Crippen LogP contribution is -2.00. The number of rotatable bonds is 2. The van der Waals surface area contributed by atoms with Crippen LogP contribution in [0.4, 0.5) is 11.4 Å². The summed E-state index contributed by atoms with van der Waals surface area (Å²) >= 11 is 11.9. The Bertz CT molecular complexity index is 504. The van der Waals surface area contributed by atoms with Crippen LogP contribution in [0.3, 0.4) is 0 Å². The van der Waals surface area contributed by atoms with Gasteiger partial charge in [-0.25, -0.2) is 0 Å². The van der Waals surface area contributed by atoms with Crippen LogP contribution < -0.4 is 11.5 Å². The number of hydrogen-bond donors (Lipinski definition) is 2. The van der Waals surface area contributed by atoms with E-state index in [-0.39, 0.29) is 0 Å². The Morgan fingerprint density at radius 1 is 0.765 bits per heavy atom. The van der Waals surface area contributed by atoms with Crippen molar-refractivity contribution in [3.63, 3.8) is 0 Å². The molecule has 0 bridgehead atoms. The molecule has 2 aromatic carbocycles. The molecule has 0 aliphatic rings. The first kappa shape index (κ1) is 12.1. The molecule has 0 aliphatic heterocycles. The molecule has 0 atom stereocenters. The molecule has 88 valence electrons. The van der Waals surface area contributed by atoms with Crippen molar-refractivity contribution in [1.82, 2.24) is 0 Å². The van der Waals surface area contributed by atoms with Crippen molar-refractivity contribution < 1.29 is 0 Å². The molecule has 2 nitrogen and oxygen atoms in total. The minimum Gasteiger partial charge on any atom is -0.397 e. The largest absolute Gasteiger partial charge is 0.397 e. The summed E-state index contributed by atoms with van der Waals surface area (Å²) in [6.07, 6.45) is 0.624. The molecule has 0 aromatic heterocycles. The Labute approximate surface area is 110 Å². The first-order chi connectivity index (χ1) is 8.09. The maximum atomic E-state index is 5.97. The number of benzene rings is 2. The summed E-state index contributed by atoms with van der Waals surface area (Å²) in [6.45, 7) is 0. The maximum absolute atomic E-state index is 5.97. The van der Waals surface area contributed by atoms with Gasteiger partial charge in [0, 0.05) is 6.42 Å². The van der Waals surface area contributed by atoms with E-state index in [1.165, 1.54) is 0 Å². The monoisotopic (exact) mass is 266 g/mol. The molecule has 0 fully saturated rings. The highest BCUT2D eigenvalue weighted by Crippen LogP contribution is 2.28. The van der Waals surface area contributed by atoms with Crippen LogP contribution in [0.1, 0.15) is 11.1 Å². The molecule has 4 N–H and O–H groups in total. The molecular formula is C13H12Cl2N2. The van der Waals surface area contributed by atoms with E-state index in [2.05, 4.69) is 0 Å². The molecule has 0 spiro atoms. The SMILES string of the molecule is Nc1c(Cl)cccc1Cc1cccc(Cl)c1N. The Kier molecular flexibility index (Phi) is 3.46. The Morgan fingerprint density at radius 3 is 1.59 bits per heavy atom. The smallest absolute Gasteiger partial charge is 0.0638 e. The first-order valence-corrected chi connectivity index (χ1v) is 5.91. The summed E-state index contributed by atoms with van der Waals surface area (Å²) < 4.78 is 0. The van der Waals surface area contributed by atoms with Crippen molar-refractivity contribution in [3.05, 3.63) is 57.6 Å². The standard InChI is InChI=1S/C13H12Cl2N2/c14-10-5-1-3-8(12(10)16)7-9-4-2-6-11(15)13(9)17/h1-6H,7,16-17H2. The first-order valence-electron chi connectivity index (χ1n) is 5.15. The zero-order valence-electron chi connectivity index (χ0n) is 9.08. The van der Waals surface area contributed by atoms with Gasteiger partial charge in [-0.2, -0.15) is 0 Å². The fourth-order valence-corrected chi connectivity index (χ4v) is 2.07. The van der Waals surface area contributed by atoms with Crippen LogP contribution in [0.5, 0.6) is 0 Å². The van der Waals surface area contributed by atoms with E-state index in [1.54, 1.807) is 12.1 Å². The molecule has 0 unspecified atom stereocenters. The molecule has 2 rings (SSSR count). The summed E-state index contributed by atoms with van der Waals surface area (Å²) in [5, 5.41) is 1.12. The van der Waals surface area contributed by atoms with Gasteiger partial charge in [0.2, 0.25) is 0 Å². The van der Waals surface area contributed by atoms with Gasteiger partial charge >= 0.3 is 0 Å². The molecule has 0 heterocycles. The van der Waals surface area contributed by atoms with Gasteiger partial charge in [-0.05, 0) is 23.3 Å². The van der Waals surface area contributed by atoms with E-state index in [9.17, 15) is 0 Å². The number of nitrogens with two attached hydrogens (primary N) is 2. The van der Waals surface area contributed by atoms with Crippen molar-refractivity contribution in [2.75, 3.05) is 11.5 Å².